The number of anilines is 1. The van der Waals surface area contributed by atoms with Crippen LogP contribution in [-0.2, 0) is 4.79 Å². The molecular formula is C14H20N2O2. The van der Waals surface area contributed by atoms with Crippen molar-refractivity contribution < 1.29 is 9.90 Å². The maximum atomic E-state index is 12.1. The highest BCUT2D eigenvalue weighted by Crippen LogP contribution is 2.30. The Labute approximate surface area is 107 Å². The minimum Gasteiger partial charge on any atom is -0.506 e. The molecule has 0 aromatic heterocycles. The Kier molecular flexibility index (Phi) is 4.20. The lowest BCUT2D eigenvalue weighted by atomic mass is 9.81. The number of phenolic OH excluding ortho intramolecular Hbond substituents is 1. The Morgan fingerprint density at radius 1 is 1.28 bits per heavy atom. The third-order valence-electron chi connectivity index (χ3n) is 3.71. The lowest BCUT2D eigenvalue weighted by molar-refractivity contribution is -0.121. The van der Waals surface area contributed by atoms with E-state index in [9.17, 15) is 9.90 Å². The summed E-state index contributed by atoms with van der Waals surface area (Å²) in [6.45, 7) is 0.716. The van der Waals surface area contributed by atoms with Crippen LogP contribution in [0.5, 0.6) is 5.75 Å². The third-order valence-corrected chi connectivity index (χ3v) is 3.71. The lowest BCUT2D eigenvalue weighted by Gasteiger charge is -2.26. The second-order valence-electron chi connectivity index (χ2n) is 4.96. The van der Waals surface area contributed by atoms with Gasteiger partial charge in [-0.2, -0.15) is 0 Å². The number of nitrogens with two attached hydrogens (primary N) is 1. The standard InChI is InChI=1S/C14H20N2O2/c15-9-10-5-7-11(8-6-10)14(18)16-12-3-1-2-4-13(12)17/h1-4,10-11,17H,5-9,15H2,(H,16,18). The second-order valence-corrected chi connectivity index (χ2v) is 4.96. The number of phenols is 1. The number of hydrogen-bond donors (Lipinski definition) is 3. The molecule has 0 spiro atoms. The normalized spacial score (nSPS) is 23.6. The molecule has 0 heterocycles. The van der Waals surface area contributed by atoms with Gasteiger partial charge in [-0.25, -0.2) is 0 Å². The molecule has 1 amide bonds. The molecule has 4 N–H and O–H groups in total. The van der Waals surface area contributed by atoms with Gasteiger partial charge >= 0.3 is 0 Å². The SMILES string of the molecule is NCC1CCC(C(=O)Nc2ccccc2O)CC1. The Hall–Kier alpha value is -1.55. The van der Waals surface area contributed by atoms with E-state index in [-0.39, 0.29) is 17.6 Å². The number of carbonyl (C=O) groups is 1. The highest BCUT2D eigenvalue weighted by Gasteiger charge is 2.25. The molecule has 18 heavy (non-hydrogen) atoms. The fraction of sp³-hybridized carbons (Fsp3) is 0.500. The Balaban J connectivity index is 1.91. The fourth-order valence-corrected chi connectivity index (χ4v) is 2.47. The average Bonchev–Trinajstić information content (AvgIpc) is 2.41. The molecule has 1 aromatic rings. The van der Waals surface area contributed by atoms with E-state index in [1.807, 2.05) is 0 Å². The first-order valence-corrected chi connectivity index (χ1v) is 6.49. The Morgan fingerprint density at radius 2 is 1.94 bits per heavy atom. The summed E-state index contributed by atoms with van der Waals surface area (Å²) in [4.78, 5) is 12.1. The van der Waals surface area contributed by atoms with Crippen LogP contribution in [0.4, 0.5) is 5.69 Å². The summed E-state index contributed by atoms with van der Waals surface area (Å²) >= 11 is 0. The van der Waals surface area contributed by atoms with Crippen LogP contribution in [0.25, 0.3) is 0 Å². The predicted molar refractivity (Wildman–Crippen MR) is 71.2 cm³/mol. The topological polar surface area (TPSA) is 75.4 Å². The molecule has 4 heteroatoms. The number of para-hydroxylation sites is 2. The van der Waals surface area contributed by atoms with Gasteiger partial charge in [0.25, 0.3) is 0 Å². The van der Waals surface area contributed by atoms with Crippen LogP contribution in [0.1, 0.15) is 25.7 Å². The molecule has 0 saturated heterocycles. The zero-order chi connectivity index (χ0) is 13.0. The van der Waals surface area contributed by atoms with Crippen LogP contribution in [0.15, 0.2) is 24.3 Å². The minimum absolute atomic E-state index is 0.00646. The van der Waals surface area contributed by atoms with Crippen molar-refractivity contribution in [3.63, 3.8) is 0 Å². The first-order valence-electron chi connectivity index (χ1n) is 6.49. The summed E-state index contributed by atoms with van der Waals surface area (Å²) in [6, 6.07) is 6.80. The fourth-order valence-electron chi connectivity index (χ4n) is 2.47. The van der Waals surface area contributed by atoms with E-state index in [1.54, 1.807) is 24.3 Å². The first-order chi connectivity index (χ1) is 8.70. The van der Waals surface area contributed by atoms with E-state index in [1.165, 1.54) is 0 Å². The molecule has 98 valence electrons. The third kappa shape index (κ3) is 3.01. The minimum atomic E-state index is 0.00646. The van der Waals surface area contributed by atoms with Gasteiger partial charge in [0.05, 0.1) is 5.69 Å². The van der Waals surface area contributed by atoms with E-state index in [0.717, 1.165) is 25.7 Å². The number of amides is 1. The van der Waals surface area contributed by atoms with Gasteiger partial charge in [0.2, 0.25) is 5.91 Å². The Morgan fingerprint density at radius 3 is 2.56 bits per heavy atom. The molecule has 2 rings (SSSR count). The molecule has 0 unspecified atom stereocenters. The number of aromatic hydroxyl groups is 1. The highest BCUT2D eigenvalue weighted by molar-refractivity contribution is 5.93. The van der Waals surface area contributed by atoms with Gasteiger partial charge in [-0.3, -0.25) is 4.79 Å². The molecule has 0 bridgehead atoms. The van der Waals surface area contributed by atoms with Crippen molar-refractivity contribution in [1.82, 2.24) is 0 Å². The van der Waals surface area contributed by atoms with Crippen molar-refractivity contribution in [3.8, 4) is 5.75 Å². The van der Waals surface area contributed by atoms with E-state index in [2.05, 4.69) is 5.32 Å². The molecule has 1 saturated carbocycles. The summed E-state index contributed by atoms with van der Waals surface area (Å²) in [5, 5.41) is 12.4. The number of nitrogens with one attached hydrogen (secondary N) is 1. The molecular weight excluding hydrogens is 228 g/mol. The molecule has 0 radical (unpaired) electrons. The quantitative estimate of drug-likeness (QED) is 0.717. The summed E-state index contributed by atoms with van der Waals surface area (Å²) in [6.07, 6.45) is 3.83. The van der Waals surface area contributed by atoms with Gasteiger partial charge in [0.1, 0.15) is 5.75 Å². The number of rotatable bonds is 3. The summed E-state index contributed by atoms with van der Waals surface area (Å²) < 4.78 is 0. The van der Waals surface area contributed by atoms with Gasteiger partial charge in [0, 0.05) is 5.92 Å². The van der Waals surface area contributed by atoms with Crippen LogP contribution < -0.4 is 11.1 Å². The molecule has 1 aliphatic rings. The van der Waals surface area contributed by atoms with E-state index >= 15 is 0 Å². The van der Waals surface area contributed by atoms with Gasteiger partial charge in [0.15, 0.2) is 0 Å². The largest absolute Gasteiger partial charge is 0.506 e. The van der Waals surface area contributed by atoms with E-state index in [0.29, 0.717) is 18.2 Å². The predicted octanol–water partition coefficient (Wildman–Crippen LogP) is 2.10. The summed E-state index contributed by atoms with van der Waals surface area (Å²) in [5.41, 5.74) is 6.12. The average molecular weight is 248 g/mol. The Bertz CT molecular complexity index is 412. The van der Waals surface area contributed by atoms with Crippen LogP contribution in [0.2, 0.25) is 0 Å². The van der Waals surface area contributed by atoms with Crippen molar-refractivity contribution in [2.45, 2.75) is 25.7 Å². The molecule has 1 aliphatic carbocycles. The number of carbonyl (C=O) groups excluding carboxylic acids is 1. The second kappa shape index (κ2) is 5.87. The van der Waals surface area contributed by atoms with Gasteiger partial charge < -0.3 is 16.2 Å². The van der Waals surface area contributed by atoms with Crippen molar-refractivity contribution in [1.29, 1.82) is 0 Å². The van der Waals surface area contributed by atoms with Crippen molar-refractivity contribution in [3.05, 3.63) is 24.3 Å². The zero-order valence-electron chi connectivity index (χ0n) is 10.4. The molecule has 1 fully saturated rings. The summed E-state index contributed by atoms with van der Waals surface area (Å²) in [7, 11) is 0. The highest BCUT2D eigenvalue weighted by atomic mass is 16.3. The maximum absolute atomic E-state index is 12.1. The number of hydrogen-bond acceptors (Lipinski definition) is 3. The first kappa shape index (κ1) is 12.9. The van der Waals surface area contributed by atoms with Crippen molar-refractivity contribution in [2.75, 3.05) is 11.9 Å². The summed E-state index contributed by atoms with van der Waals surface area (Å²) in [5.74, 6) is 0.736. The maximum Gasteiger partial charge on any atom is 0.227 e. The van der Waals surface area contributed by atoms with Gasteiger partial charge in [-0.15, -0.1) is 0 Å². The van der Waals surface area contributed by atoms with Crippen molar-refractivity contribution >= 4 is 11.6 Å². The lowest BCUT2D eigenvalue weighted by Crippen LogP contribution is -2.29. The molecule has 4 nitrogen and oxygen atoms in total. The van der Waals surface area contributed by atoms with Gasteiger partial charge in [-0.1, -0.05) is 12.1 Å². The zero-order valence-corrected chi connectivity index (χ0v) is 10.4. The number of benzene rings is 1. The molecule has 1 aromatic carbocycles. The smallest absolute Gasteiger partial charge is 0.227 e. The van der Waals surface area contributed by atoms with Gasteiger partial charge in [-0.05, 0) is 50.3 Å². The monoisotopic (exact) mass is 248 g/mol. The molecule has 0 atom stereocenters. The molecule has 0 aliphatic heterocycles. The van der Waals surface area contributed by atoms with E-state index < -0.39 is 0 Å². The van der Waals surface area contributed by atoms with E-state index in [4.69, 9.17) is 5.73 Å². The van der Waals surface area contributed by atoms with Crippen LogP contribution in [0.3, 0.4) is 0 Å². The van der Waals surface area contributed by atoms with Crippen LogP contribution in [-0.4, -0.2) is 17.6 Å². The van der Waals surface area contributed by atoms with Crippen molar-refractivity contribution in [2.24, 2.45) is 17.6 Å². The van der Waals surface area contributed by atoms with Crippen LogP contribution in [0, 0.1) is 11.8 Å². The van der Waals surface area contributed by atoms with Crippen LogP contribution >= 0.6 is 0 Å².